The van der Waals surface area contributed by atoms with Crippen molar-refractivity contribution >= 4 is 23.2 Å². The molecule has 1 saturated heterocycles. The number of aryl methyl sites for hydroxylation is 1. The van der Waals surface area contributed by atoms with E-state index in [-0.39, 0.29) is 18.4 Å². The van der Waals surface area contributed by atoms with Crippen molar-refractivity contribution in [1.82, 2.24) is 10.2 Å². The van der Waals surface area contributed by atoms with Crippen LogP contribution in [0.15, 0.2) is 36.4 Å². The van der Waals surface area contributed by atoms with Crippen molar-refractivity contribution in [2.24, 2.45) is 5.73 Å². The first-order valence-electron chi connectivity index (χ1n) is 12.1. The van der Waals surface area contributed by atoms with Crippen LogP contribution in [0.3, 0.4) is 0 Å². The van der Waals surface area contributed by atoms with Crippen molar-refractivity contribution in [3.05, 3.63) is 47.5 Å². The van der Waals surface area contributed by atoms with Gasteiger partial charge in [-0.05, 0) is 50.2 Å². The molecular weight excluding hydrogens is 462 g/mol. The first-order valence-corrected chi connectivity index (χ1v) is 12.1. The molecule has 2 aromatic carbocycles. The molecule has 2 aliphatic rings. The lowest BCUT2D eigenvalue weighted by molar-refractivity contribution is -0.123. The van der Waals surface area contributed by atoms with Gasteiger partial charge in [-0.25, -0.2) is 0 Å². The van der Waals surface area contributed by atoms with E-state index in [0.717, 1.165) is 48.9 Å². The summed E-state index contributed by atoms with van der Waals surface area (Å²) >= 11 is 0. The number of carbonyl (C=O) groups excluding carboxylic acids is 2. The van der Waals surface area contributed by atoms with E-state index in [1.165, 1.54) is 7.11 Å². The Morgan fingerprint density at radius 1 is 1.14 bits per heavy atom. The summed E-state index contributed by atoms with van der Waals surface area (Å²) in [5.74, 6) is 1.02. The number of hydrogen-bond donors (Lipinski definition) is 3. The van der Waals surface area contributed by atoms with Gasteiger partial charge in [0.2, 0.25) is 0 Å². The van der Waals surface area contributed by atoms with Crippen molar-refractivity contribution in [2.75, 3.05) is 64.3 Å². The van der Waals surface area contributed by atoms with Gasteiger partial charge in [0.15, 0.2) is 6.10 Å². The first-order chi connectivity index (χ1) is 17.4. The molecule has 2 unspecified atom stereocenters. The van der Waals surface area contributed by atoms with Gasteiger partial charge < -0.3 is 40.4 Å². The third-order valence-electron chi connectivity index (χ3n) is 6.51. The van der Waals surface area contributed by atoms with Crippen LogP contribution in [0.1, 0.15) is 22.3 Å². The van der Waals surface area contributed by atoms with Gasteiger partial charge in [-0.1, -0.05) is 0 Å². The monoisotopic (exact) mass is 497 g/mol. The average molecular weight is 498 g/mol. The van der Waals surface area contributed by atoms with Crippen LogP contribution in [0, 0.1) is 0 Å². The third kappa shape index (κ3) is 6.07. The highest BCUT2D eigenvalue weighted by atomic mass is 16.5. The summed E-state index contributed by atoms with van der Waals surface area (Å²) in [6.45, 7) is 3.90. The summed E-state index contributed by atoms with van der Waals surface area (Å²) in [6.07, 6.45) is 0.0640. The number of rotatable bonds is 8. The normalized spacial score (nSPS) is 18.6. The van der Waals surface area contributed by atoms with Crippen LogP contribution in [-0.4, -0.2) is 83.0 Å². The second kappa shape index (κ2) is 11.6. The highest BCUT2D eigenvalue weighted by Gasteiger charge is 2.31. The van der Waals surface area contributed by atoms with Crippen LogP contribution in [0.4, 0.5) is 11.4 Å². The number of piperazine rings is 1. The quantitative estimate of drug-likeness (QED) is 0.469. The number of benzene rings is 2. The van der Waals surface area contributed by atoms with Gasteiger partial charge in [0.25, 0.3) is 11.8 Å². The van der Waals surface area contributed by atoms with Crippen LogP contribution in [-0.2, 0) is 16.0 Å². The van der Waals surface area contributed by atoms with Gasteiger partial charge in [0, 0.05) is 56.2 Å². The molecule has 2 aliphatic heterocycles. The predicted molar refractivity (Wildman–Crippen MR) is 138 cm³/mol. The molecule has 194 valence electrons. The topological polar surface area (TPSA) is 118 Å². The fourth-order valence-electron chi connectivity index (χ4n) is 4.44. The lowest BCUT2D eigenvalue weighted by Crippen LogP contribution is -2.45. The standard InChI is InChI=1S/C26H35N5O5/c1-30-10-12-31(13-11-30)21-15-20(35-3)14-18-6-9-22(36-24(18)21)26(33)28-19-7-4-17(5-8-19)25(32)29-23(27)16-34-2/h4-5,7-8,14-15,22-23H,6,9-13,16,27H2,1-3H3,(H,28,33)(H,29,32). The first kappa shape index (κ1) is 25.7. The molecular formula is C26H35N5O5. The van der Waals surface area contributed by atoms with Gasteiger partial charge in [-0.2, -0.15) is 0 Å². The number of ether oxygens (including phenoxy) is 3. The molecule has 4 rings (SSSR count). The SMILES string of the molecule is COCC(N)NC(=O)c1ccc(NC(=O)C2CCc3cc(OC)cc(N4CCN(C)CC4)c3O2)cc1. The number of fused-ring (bicyclic) bond motifs is 1. The number of anilines is 2. The largest absolute Gasteiger partial charge is 0.497 e. The molecule has 2 heterocycles. The van der Waals surface area contributed by atoms with E-state index < -0.39 is 12.3 Å². The number of hydrogen-bond acceptors (Lipinski definition) is 8. The van der Waals surface area contributed by atoms with E-state index in [1.807, 2.05) is 12.1 Å². The fourth-order valence-corrected chi connectivity index (χ4v) is 4.44. The maximum atomic E-state index is 13.1. The van der Waals surface area contributed by atoms with E-state index >= 15 is 0 Å². The van der Waals surface area contributed by atoms with Crippen molar-refractivity contribution in [3.63, 3.8) is 0 Å². The van der Waals surface area contributed by atoms with Crippen LogP contribution in [0.2, 0.25) is 0 Å². The van der Waals surface area contributed by atoms with Gasteiger partial charge in [-0.15, -0.1) is 0 Å². The average Bonchev–Trinajstić information content (AvgIpc) is 2.88. The summed E-state index contributed by atoms with van der Waals surface area (Å²) in [7, 11) is 5.30. The summed E-state index contributed by atoms with van der Waals surface area (Å²) in [5.41, 5.74) is 8.82. The Balaban J connectivity index is 1.43. The molecule has 2 atom stereocenters. The highest BCUT2D eigenvalue weighted by Crippen LogP contribution is 2.41. The molecule has 0 saturated carbocycles. The van der Waals surface area contributed by atoms with E-state index in [4.69, 9.17) is 19.9 Å². The lowest BCUT2D eigenvalue weighted by Gasteiger charge is -2.37. The molecule has 0 radical (unpaired) electrons. The van der Waals surface area contributed by atoms with Crippen molar-refractivity contribution in [1.29, 1.82) is 0 Å². The molecule has 1 fully saturated rings. The highest BCUT2D eigenvalue weighted by molar-refractivity contribution is 5.97. The fraction of sp³-hybridized carbons (Fsp3) is 0.462. The van der Waals surface area contributed by atoms with E-state index in [9.17, 15) is 9.59 Å². The van der Waals surface area contributed by atoms with E-state index in [2.05, 4.69) is 27.5 Å². The Morgan fingerprint density at radius 2 is 1.86 bits per heavy atom. The Hall–Kier alpha value is -3.34. The minimum absolute atomic E-state index is 0.216. The molecule has 36 heavy (non-hydrogen) atoms. The number of methoxy groups -OCH3 is 2. The summed E-state index contributed by atoms with van der Waals surface area (Å²) in [6, 6.07) is 10.6. The van der Waals surface area contributed by atoms with Crippen LogP contribution in [0.5, 0.6) is 11.5 Å². The Labute approximate surface area is 211 Å². The van der Waals surface area contributed by atoms with Gasteiger partial charge >= 0.3 is 0 Å². The zero-order valence-electron chi connectivity index (χ0n) is 21.1. The van der Waals surface area contributed by atoms with Crippen LogP contribution in [0.25, 0.3) is 0 Å². The molecule has 0 aliphatic carbocycles. The molecule has 10 heteroatoms. The molecule has 10 nitrogen and oxygen atoms in total. The minimum Gasteiger partial charge on any atom is -0.497 e. The number of likely N-dealkylation sites (N-methyl/N-ethyl adjacent to an activating group) is 1. The van der Waals surface area contributed by atoms with E-state index in [0.29, 0.717) is 24.1 Å². The molecule has 2 amide bonds. The maximum Gasteiger partial charge on any atom is 0.265 e. The number of carbonyl (C=O) groups is 2. The third-order valence-corrected chi connectivity index (χ3v) is 6.51. The second-order valence-corrected chi connectivity index (χ2v) is 9.17. The molecule has 2 aromatic rings. The summed E-state index contributed by atoms with van der Waals surface area (Å²) in [4.78, 5) is 30.0. The number of amides is 2. The van der Waals surface area contributed by atoms with Crippen LogP contribution < -0.4 is 30.7 Å². The zero-order valence-corrected chi connectivity index (χ0v) is 21.1. The summed E-state index contributed by atoms with van der Waals surface area (Å²) < 4.78 is 16.8. The van der Waals surface area contributed by atoms with Crippen molar-refractivity contribution in [2.45, 2.75) is 25.1 Å². The van der Waals surface area contributed by atoms with Gasteiger partial charge in [0.05, 0.1) is 19.4 Å². The summed E-state index contributed by atoms with van der Waals surface area (Å²) in [5, 5.41) is 5.56. The molecule has 0 spiro atoms. The zero-order chi connectivity index (χ0) is 25.7. The minimum atomic E-state index is -0.618. The van der Waals surface area contributed by atoms with Gasteiger partial charge in [-0.3, -0.25) is 9.59 Å². The molecule has 4 N–H and O–H groups in total. The van der Waals surface area contributed by atoms with E-state index in [1.54, 1.807) is 31.4 Å². The van der Waals surface area contributed by atoms with Crippen molar-refractivity contribution in [3.8, 4) is 11.5 Å². The maximum absolute atomic E-state index is 13.1. The number of nitrogens with two attached hydrogens (primary N) is 1. The molecule has 0 bridgehead atoms. The number of nitrogens with one attached hydrogen (secondary N) is 2. The Bertz CT molecular complexity index is 1070. The lowest BCUT2D eigenvalue weighted by atomic mass is 9.99. The number of nitrogens with zero attached hydrogens (tertiary/aromatic N) is 2. The second-order valence-electron chi connectivity index (χ2n) is 9.17. The Morgan fingerprint density at radius 3 is 2.53 bits per heavy atom. The smallest absolute Gasteiger partial charge is 0.265 e. The predicted octanol–water partition coefficient (Wildman–Crippen LogP) is 1.44. The van der Waals surface area contributed by atoms with Crippen molar-refractivity contribution < 1.29 is 23.8 Å². The van der Waals surface area contributed by atoms with Crippen LogP contribution >= 0.6 is 0 Å². The van der Waals surface area contributed by atoms with Gasteiger partial charge in [0.1, 0.15) is 17.7 Å². The molecule has 0 aromatic heterocycles. The Kier molecular flexibility index (Phi) is 8.29.